The average molecular weight is 402 g/mol. The predicted molar refractivity (Wildman–Crippen MR) is 99.4 cm³/mol. The number of hydrogen-bond acceptors (Lipinski definition) is 4. The topological polar surface area (TPSA) is 72.5 Å². The summed E-state index contributed by atoms with van der Waals surface area (Å²) in [5.74, 6) is 0.334. The summed E-state index contributed by atoms with van der Waals surface area (Å²) in [4.78, 5) is 12.1. The number of hydrogen-bond donors (Lipinski definition) is 1. The Bertz CT molecular complexity index is 851. The first-order valence-corrected chi connectivity index (χ1v) is 10.1. The summed E-state index contributed by atoms with van der Waals surface area (Å²) in [5.41, 5.74) is 0.541. The number of halogens is 2. The smallest absolute Gasteiger partial charge is 0.224 e. The zero-order valence-corrected chi connectivity index (χ0v) is 15.8. The van der Waals surface area contributed by atoms with Crippen LogP contribution >= 0.6 is 23.2 Å². The predicted octanol–water partition coefficient (Wildman–Crippen LogP) is 4.19. The molecule has 0 spiro atoms. The maximum atomic E-state index is 11.9. The van der Waals surface area contributed by atoms with Crippen LogP contribution in [0.25, 0.3) is 0 Å². The molecular formula is C17H17Cl2NO4S. The average Bonchev–Trinajstić information content (AvgIpc) is 2.53. The molecule has 134 valence electrons. The zero-order valence-electron chi connectivity index (χ0n) is 13.5. The first-order chi connectivity index (χ1) is 11.8. The Morgan fingerprint density at radius 2 is 1.80 bits per heavy atom. The molecule has 2 rings (SSSR count). The van der Waals surface area contributed by atoms with E-state index in [0.717, 1.165) is 6.26 Å². The van der Waals surface area contributed by atoms with Gasteiger partial charge in [0, 0.05) is 23.4 Å². The second-order valence-electron chi connectivity index (χ2n) is 5.37. The number of nitrogens with one attached hydrogen (secondary N) is 1. The molecule has 0 saturated heterocycles. The van der Waals surface area contributed by atoms with Crippen molar-refractivity contribution in [2.45, 2.75) is 17.7 Å². The van der Waals surface area contributed by atoms with Gasteiger partial charge in [-0.2, -0.15) is 0 Å². The molecule has 0 aliphatic heterocycles. The second kappa shape index (κ2) is 8.56. The highest BCUT2D eigenvalue weighted by molar-refractivity contribution is 7.90. The molecule has 0 saturated carbocycles. The van der Waals surface area contributed by atoms with Crippen molar-refractivity contribution in [1.29, 1.82) is 0 Å². The van der Waals surface area contributed by atoms with Gasteiger partial charge >= 0.3 is 0 Å². The van der Waals surface area contributed by atoms with Gasteiger partial charge in [-0.1, -0.05) is 23.2 Å². The first-order valence-electron chi connectivity index (χ1n) is 7.43. The van der Waals surface area contributed by atoms with Crippen LogP contribution in [0.5, 0.6) is 5.75 Å². The van der Waals surface area contributed by atoms with E-state index in [2.05, 4.69) is 5.32 Å². The number of rotatable bonds is 7. The van der Waals surface area contributed by atoms with Gasteiger partial charge in [0.2, 0.25) is 5.91 Å². The molecule has 2 aromatic rings. The zero-order chi connectivity index (χ0) is 18.4. The van der Waals surface area contributed by atoms with E-state index < -0.39 is 9.84 Å². The van der Waals surface area contributed by atoms with Crippen LogP contribution in [0, 0.1) is 0 Å². The Labute approximate surface area is 156 Å². The first kappa shape index (κ1) is 19.6. The van der Waals surface area contributed by atoms with Gasteiger partial charge in [0.25, 0.3) is 0 Å². The minimum atomic E-state index is -3.25. The summed E-state index contributed by atoms with van der Waals surface area (Å²) < 4.78 is 28.3. The fourth-order valence-electron chi connectivity index (χ4n) is 2.02. The standard InChI is InChI=1S/C17H17Cl2NO4S/c1-25(22,23)14-7-5-13(6-8-14)20-17(21)3-2-10-24-16-9-4-12(18)11-15(16)19/h4-9,11H,2-3,10H2,1H3,(H,20,21). The van der Waals surface area contributed by atoms with Crippen molar-refractivity contribution in [2.24, 2.45) is 0 Å². The molecule has 25 heavy (non-hydrogen) atoms. The molecule has 5 nitrogen and oxygen atoms in total. The summed E-state index contributed by atoms with van der Waals surface area (Å²) in [6.07, 6.45) is 1.90. The molecule has 0 heterocycles. The second-order valence-corrected chi connectivity index (χ2v) is 8.23. The lowest BCUT2D eigenvalue weighted by Gasteiger charge is -2.09. The number of anilines is 1. The Balaban J connectivity index is 1.77. The molecule has 1 N–H and O–H groups in total. The van der Waals surface area contributed by atoms with Crippen LogP contribution in [0.3, 0.4) is 0 Å². The van der Waals surface area contributed by atoms with E-state index >= 15 is 0 Å². The Kier molecular flexibility index (Phi) is 6.70. The molecule has 0 unspecified atom stereocenters. The van der Waals surface area contributed by atoms with E-state index in [-0.39, 0.29) is 17.2 Å². The highest BCUT2D eigenvalue weighted by Crippen LogP contribution is 2.27. The molecule has 2 aromatic carbocycles. The lowest BCUT2D eigenvalue weighted by Crippen LogP contribution is -2.13. The fourth-order valence-corrected chi connectivity index (χ4v) is 3.11. The van der Waals surface area contributed by atoms with E-state index in [1.54, 1.807) is 30.3 Å². The van der Waals surface area contributed by atoms with E-state index in [4.69, 9.17) is 27.9 Å². The van der Waals surface area contributed by atoms with Crippen molar-refractivity contribution in [2.75, 3.05) is 18.2 Å². The van der Waals surface area contributed by atoms with Gasteiger partial charge in [-0.15, -0.1) is 0 Å². The van der Waals surface area contributed by atoms with E-state index in [1.807, 2.05) is 0 Å². The van der Waals surface area contributed by atoms with Gasteiger partial charge in [0.05, 0.1) is 16.5 Å². The molecule has 0 aliphatic carbocycles. The van der Waals surface area contributed by atoms with Gasteiger partial charge in [0.15, 0.2) is 9.84 Å². The van der Waals surface area contributed by atoms with Crippen molar-refractivity contribution < 1.29 is 17.9 Å². The molecule has 0 atom stereocenters. The van der Waals surface area contributed by atoms with Crippen molar-refractivity contribution in [3.05, 3.63) is 52.5 Å². The summed E-state index contributed by atoms with van der Waals surface area (Å²) >= 11 is 11.8. The van der Waals surface area contributed by atoms with Gasteiger partial charge in [-0.25, -0.2) is 8.42 Å². The minimum absolute atomic E-state index is 0.182. The number of ether oxygens (including phenoxy) is 1. The van der Waals surface area contributed by atoms with Crippen LogP contribution in [-0.2, 0) is 14.6 Å². The monoisotopic (exact) mass is 401 g/mol. The molecule has 0 bridgehead atoms. The lowest BCUT2D eigenvalue weighted by atomic mass is 10.2. The summed E-state index contributed by atoms with van der Waals surface area (Å²) in [7, 11) is -3.25. The fraction of sp³-hybridized carbons (Fsp3) is 0.235. The van der Waals surface area contributed by atoms with Crippen LogP contribution in [-0.4, -0.2) is 27.2 Å². The Hall–Kier alpha value is -1.76. The third-order valence-corrected chi connectivity index (χ3v) is 4.92. The van der Waals surface area contributed by atoms with Crippen LogP contribution in [0.1, 0.15) is 12.8 Å². The third kappa shape index (κ3) is 6.23. The highest BCUT2D eigenvalue weighted by atomic mass is 35.5. The highest BCUT2D eigenvalue weighted by Gasteiger charge is 2.08. The number of sulfone groups is 1. The minimum Gasteiger partial charge on any atom is -0.492 e. The summed E-state index contributed by atoms with van der Waals surface area (Å²) in [5, 5.41) is 3.65. The van der Waals surface area contributed by atoms with Crippen LogP contribution < -0.4 is 10.1 Å². The quantitative estimate of drug-likeness (QED) is 0.705. The van der Waals surface area contributed by atoms with Crippen LogP contribution in [0.4, 0.5) is 5.69 Å². The van der Waals surface area contributed by atoms with Gasteiger partial charge in [-0.05, 0) is 48.9 Å². The lowest BCUT2D eigenvalue weighted by molar-refractivity contribution is -0.116. The van der Waals surface area contributed by atoms with Gasteiger partial charge in [0.1, 0.15) is 5.75 Å². The van der Waals surface area contributed by atoms with Crippen LogP contribution in [0.15, 0.2) is 47.4 Å². The molecule has 0 fully saturated rings. The van der Waals surface area contributed by atoms with Crippen LogP contribution in [0.2, 0.25) is 10.0 Å². The maximum Gasteiger partial charge on any atom is 0.224 e. The van der Waals surface area contributed by atoms with Crippen molar-refractivity contribution >= 4 is 44.6 Å². The van der Waals surface area contributed by atoms with Gasteiger partial charge in [-0.3, -0.25) is 4.79 Å². The molecule has 0 radical (unpaired) electrons. The molecule has 1 amide bonds. The SMILES string of the molecule is CS(=O)(=O)c1ccc(NC(=O)CCCOc2ccc(Cl)cc2Cl)cc1. The molecule has 0 aliphatic rings. The number of amides is 1. The van der Waals surface area contributed by atoms with E-state index in [0.29, 0.717) is 34.5 Å². The Morgan fingerprint density at radius 3 is 2.40 bits per heavy atom. The van der Waals surface area contributed by atoms with Gasteiger partial charge < -0.3 is 10.1 Å². The Morgan fingerprint density at radius 1 is 1.12 bits per heavy atom. The number of benzene rings is 2. The third-order valence-electron chi connectivity index (χ3n) is 3.27. The van der Waals surface area contributed by atoms with Crippen molar-refractivity contribution in [1.82, 2.24) is 0 Å². The van der Waals surface area contributed by atoms with E-state index in [9.17, 15) is 13.2 Å². The molecule has 0 aromatic heterocycles. The van der Waals surface area contributed by atoms with Crippen molar-refractivity contribution in [3.8, 4) is 5.75 Å². The largest absolute Gasteiger partial charge is 0.492 e. The summed E-state index contributed by atoms with van der Waals surface area (Å²) in [6, 6.07) is 11.0. The molecular weight excluding hydrogens is 385 g/mol. The number of carbonyl (C=O) groups excluding carboxylic acids is 1. The summed E-state index contributed by atoms with van der Waals surface area (Å²) in [6.45, 7) is 0.335. The maximum absolute atomic E-state index is 11.9. The van der Waals surface area contributed by atoms with E-state index in [1.165, 1.54) is 12.1 Å². The normalized spacial score (nSPS) is 11.2. The number of carbonyl (C=O) groups is 1. The molecule has 8 heteroatoms. The van der Waals surface area contributed by atoms with Crippen molar-refractivity contribution in [3.63, 3.8) is 0 Å².